The van der Waals surface area contributed by atoms with Crippen molar-refractivity contribution < 1.29 is 0 Å². The molecule has 3 heteroatoms. The molecule has 0 aliphatic heterocycles. The summed E-state index contributed by atoms with van der Waals surface area (Å²) in [5, 5.41) is 0. The van der Waals surface area contributed by atoms with Crippen LogP contribution < -0.4 is 5.56 Å². The Morgan fingerprint density at radius 3 is 2.62 bits per heavy atom. The minimum atomic E-state index is 0.0681. The molecule has 2 aromatic rings. The fourth-order valence-corrected chi connectivity index (χ4v) is 2.58. The van der Waals surface area contributed by atoms with E-state index in [-0.39, 0.29) is 5.56 Å². The van der Waals surface area contributed by atoms with Crippen LogP contribution in [0.1, 0.15) is 18.7 Å². The molecule has 2 nitrogen and oxygen atoms in total. The van der Waals surface area contributed by atoms with Crippen LogP contribution in [-0.4, -0.2) is 4.57 Å². The van der Waals surface area contributed by atoms with Crippen LogP contribution in [0.25, 0.3) is 10.4 Å². The normalized spacial score (nSPS) is 10.6. The van der Waals surface area contributed by atoms with Gasteiger partial charge < -0.3 is 4.57 Å². The second-order valence-electron chi connectivity index (χ2n) is 3.66. The molecule has 84 valence electrons. The smallest absolute Gasteiger partial charge is 0.250 e. The van der Waals surface area contributed by atoms with Gasteiger partial charge in [0.2, 0.25) is 0 Å². The maximum atomic E-state index is 11.5. The van der Waals surface area contributed by atoms with Gasteiger partial charge in [-0.25, -0.2) is 0 Å². The summed E-state index contributed by atoms with van der Waals surface area (Å²) in [5.41, 5.74) is 1.20. The van der Waals surface area contributed by atoms with E-state index in [0.29, 0.717) is 0 Å². The molecule has 0 saturated heterocycles. The largest absolute Gasteiger partial charge is 0.315 e. The first-order valence-corrected chi connectivity index (χ1v) is 6.35. The quantitative estimate of drug-likeness (QED) is 0.798. The van der Waals surface area contributed by atoms with Gasteiger partial charge in [0.25, 0.3) is 5.56 Å². The zero-order valence-electron chi connectivity index (χ0n) is 9.56. The van der Waals surface area contributed by atoms with Crippen molar-refractivity contribution in [3.8, 4) is 10.4 Å². The lowest BCUT2D eigenvalue weighted by atomic mass is 10.2. The Hall–Kier alpha value is -1.35. The summed E-state index contributed by atoms with van der Waals surface area (Å²) in [5.74, 6) is 0. The molecule has 0 aliphatic carbocycles. The summed E-state index contributed by atoms with van der Waals surface area (Å²) < 4.78 is 1.74. The van der Waals surface area contributed by atoms with Gasteiger partial charge in [0, 0.05) is 34.1 Å². The van der Waals surface area contributed by atoms with E-state index in [1.165, 1.54) is 9.75 Å². The highest BCUT2D eigenvalue weighted by Gasteiger charge is 2.03. The van der Waals surface area contributed by atoms with Crippen LogP contribution in [-0.2, 0) is 13.0 Å². The zero-order valence-corrected chi connectivity index (χ0v) is 10.4. The lowest BCUT2D eigenvalue weighted by Gasteiger charge is -2.03. The Labute approximate surface area is 99.2 Å². The molecule has 0 unspecified atom stereocenters. The molecule has 0 bridgehead atoms. The molecule has 0 aromatic carbocycles. The van der Waals surface area contributed by atoms with Crippen molar-refractivity contribution in [2.45, 2.75) is 26.8 Å². The molecule has 0 atom stereocenters. The molecule has 2 aromatic heterocycles. The van der Waals surface area contributed by atoms with E-state index in [4.69, 9.17) is 0 Å². The van der Waals surface area contributed by atoms with Crippen molar-refractivity contribution in [3.63, 3.8) is 0 Å². The topological polar surface area (TPSA) is 22.0 Å². The Morgan fingerprint density at radius 1 is 1.19 bits per heavy atom. The third kappa shape index (κ3) is 2.09. The number of hydrogen-bond acceptors (Lipinski definition) is 2. The van der Waals surface area contributed by atoms with E-state index in [2.05, 4.69) is 19.1 Å². The minimum absolute atomic E-state index is 0.0681. The summed E-state index contributed by atoms with van der Waals surface area (Å²) in [7, 11) is 0. The van der Waals surface area contributed by atoms with Crippen molar-refractivity contribution in [1.82, 2.24) is 4.57 Å². The van der Waals surface area contributed by atoms with Crippen LogP contribution in [0.2, 0.25) is 0 Å². The highest BCUT2D eigenvalue weighted by molar-refractivity contribution is 7.15. The monoisotopic (exact) mass is 233 g/mol. The summed E-state index contributed by atoms with van der Waals surface area (Å²) in [4.78, 5) is 14.1. The summed E-state index contributed by atoms with van der Waals surface area (Å²) >= 11 is 1.80. The molecule has 0 saturated carbocycles. The van der Waals surface area contributed by atoms with Crippen LogP contribution in [0.5, 0.6) is 0 Å². The van der Waals surface area contributed by atoms with Crippen LogP contribution in [0.15, 0.2) is 35.3 Å². The average molecular weight is 233 g/mol. The molecule has 0 N–H and O–H groups in total. The Kier molecular flexibility index (Phi) is 3.25. The van der Waals surface area contributed by atoms with Crippen LogP contribution >= 0.6 is 11.3 Å². The zero-order chi connectivity index (χ0) is 11.5. The first-order valence-electron chi connectivity index (χ1n) is 5.54. The fourth-order valence-electron chi connectivity index (χ4n) is 1.65. The highest BCUT2D eigenvalue weighted by Crippen LogP contribution is 2.27. The van der Waals surface area contributed by atoms with Gasteiger partial charge in [-0.3, -0.25) is 4.79 Å². The Balaban J connectivity index is 2.44. The Bertz CT molecular complexity index is 539. The van der Waals surface area contributed by atoms with Crippen molar-refractivity contribution in [2.75, 3.05) is 0 Å². The van der Waals surface area contributed by atoms with Crippen molar-refractivity contribution >= 4 is 11.3 Å². The van der Waals surface area contributed by atoms with Gasteiger partial charge in [-0.15, -0.1) is 11.3 Å². The molecule has 0 spiro atoms. The summed E-state index contributed by atoms with van der Waals surface area (Å²) in [6.45, 7) is 4.86. The highest BCUT2D eigenvalue weighted by atomic mass is 32.1. The molecule has 0 aliphatic rings. The van der Waals surface area contributed by atoms with E-state index in [9.17, 15) is 4.79 Å². The maximum absolute atomic E-state index is 11.5. The lowest BCUT2D eigenvalue weighted by molar-refractivity contribution is 0.729. The van der Waals surface area contributed by atoms with E-state index in [0.717, 1.165) is 18.5 Å². The number of hydrogen-bond donors (Lipinski definition) is 0. The summed E-state index contributed by atoms with van der Waals surface area (Å²) in [6.07, 6.45) is 3.01. The Morgan fingerprint density at radius 2 is 2.00 bits per heavy atom. The molecule has 0 amide bonds. The second-order valence-corrected chi connectivity index (χ2v) is 4.83. The third-order valence-corrected chi connectivity index (χ3v) is 3.90. The fraction of sp³-hybridized carbons (Fsp3) is 0.308. The van der Waals surface area contributed by atoms with Gasteiger partial charge in [-0.05, 0) is 31.5 Å². The van der Waals surface area contributed by atoms with Crippen molar-refractivity contribution in [3.05, 3.63) is 45.7 Å². The van der Waals surface area contributed by atoms with Gasteiger partial charge in [0.1, 0.15) is 0 Å². The molecular formula is C13H15NOS. The molecule has 0 fully saturated rings. The second kappa shape index (κ2) is 4.66. The number of aryl methyl sites for hydroxylation is 2. The van der Waals surface area contributed by atoms with E-state index in [1.54, 1.807) is 22.0 Å². The number of rotatable bonds is 3. The van der Waals surface area contributed by atoms with Gasteiger partial charge in [-0.2, -0.15) is 0 Å². The molecular weight excluding hydrogens is 218 g/mol. The van der Waals surface area contributed by atoms with Crippen molar-refractivity contribution in [1.29, 1.82) is 0 Å². The van der Waals surface area contributed by atoms with Crippen molar-refractivity contribution in [2.24, 2.45) is 0 Å². The molecule has 0 radical (unpaired) electrons. The first kappa shape index (κ1) is 11.1. The number of aromatic nitrogens is 1. The predicted molar refractivity (Wildman–Crippen MR) is 69.1 cm³/mol. The third-order valence-electron chi connectivity index (χ3n) is 2.62. The minimum Gasteiger partial charge on any atom is -0.315 e. The molecule has 2 rings (SSSR count). The van der Waals surface area contributed by atoms with E-state index in [1.807, 2.05) is 19.2 Å². The summed E-state index contributed by atoms with van der Waals surface area (Å²) in [6, 6.07) is 7.83. The van der Waals surface area contributed by atoms with Crippen LogP contribution in [0.3, 0.4) is 0 Å². The number of pyridine rings is 1. The lowest BCUT2D eigenvalue weighted by Crippen LogP contribution is -2.16. The van der Waals surface area contributed by atoms with Gasteiger partial charge in [0.05, 0.1) is 0 Å². The molecule has 16 heavy (non-hydrogen) atoms. The number of nitrogens with zero attached hydrogens (tertiary/aromatic N) is 1. The van der Waals surface area contributed by atoms with Crippen LogP contribution in [0, 0.1) is 0 Å². The first-order chi connectivity index (χ1) is 7.74. The van der Waals surface area contributed by atoms with Gasteiger partial charge in [0.15, 0.2) is 0 Å². The predicted octanol–water partition coefficient (Wildman–Crippen LogP) is 3.16. The van der Waals surface area contributed by atoms with Crippen LogP contribution in [0.4, 0.5) is 0 Å². The molecule has 2 heterocycles. The number of thiophene rings is 1. The van der Waals surface area contributed by atoms with E-state index < -0.39 is 0 Å². The van der Waals surface area contributed by atoms with Gasteiger partial charge in [-0.1, -0.05) is 6.92 Å². The SMILES string of the molecule is CCc1ccc(-c2ccc(=O)n(CC)c2)s1. The average Bonchev–Trinajstić information content (AvgIpc) is 2.78. The maximum Gasteiger partial charge on any atom is 0.250 e. The van der Waals surface area contributed by atoms with Gasteiger partial charge >= 0.3 is 0 Å². The standard InChI is InChI=1S/C13H15NOS/c1-3-11-6-7-12(16-11)10-5-8-13(15)14(4-2)9-10/h5-9H,3-4H2,1-2H3. The van der Waals surface area contributed by atoms with E-state index >= 15 is 0 Å².